The summed E-state index contributed by atoms with van der Waals surface area (Å²) in [5.41, 5.74) is 2.42. The van der Waals surface area contributed by atoms with Crippen LogP contribution in [0.4, 0.5) is 0 Å². The van der Waals surface area contributed by atoms with Gasteiger partial charge in [-0.25, -0.2) is 4.79 Å². The fraction of sp³-hybridized carbons (Fsp3) is 0.375. The van der Waals surface area contributed by atoms with Crippen LogP contribution < -0.4 is 10.6 Å². The van der Waals surface area contributed by atoms with Crippen LogP contribution >= 0.6 is 28.1 Å². The van der Waals surface area contributed by atoms with E-state index in [-0.39, 0.29) is 12.0 Å². The van der Waals surface area contributed by atoms with Crippen LogP contribution in [-0.2, 0) is 9.53 Å². The second kappa shape index (κ2) is 7.74. The van der Waals surface area contributed by atoms with Crippen molar-refractivity contribution in [3.8, 4) is 0 Å². The molecule has 0 aromatic heterocycles. The largest absolute Gasteiger partial charge is 0.463 e. The number of carbonyl (C=O) groups excluding carboxylic acids is 1. The molecule has 1 atom stereocenters. The van der Waals surface area contributed by atoms with Crippen molar-refractivity contribution in [1.82, 2.24) is 10.6 Å². The van der Waals surface area contributed by atoms with Gasteiger partial charge in [-0.15, -0.1) is 0 Å². The Bertz CT molecular complexity index is 616. The van der Waals surface area contributed by atoms with Gasteiger partial charge >= 0.3 is 5.97 Å². The molecule has 2 rings (SSSR count). The van der Waals surface area contributed by atoms with E-state index in [1.165, 1.54) is 0 Å². The summed E-state index contributed by atoms with van der Waals surface area (Å²) in [7, 11) is 0. The van der Waals surface area contributed by atoms with Crippen molar-refractivity contribution in [3.05, 3.63) is 45.6 Å². The smallest absolute Gasteiger partial charge is 0.338 e. The van der Waals surface area contributed by atoms with Gasteiger partial charge in [0.2, 0.25) is 0 Å². The minimum absolute atomic E-state index is 0.299. The van der Waals surface area contributed by atoms with E-state index in [9.17, 15) is 4.79 Å². The summed E-state index contributed by atoms with van der Waals surface area (Å²) < 4.78 is 6.20. The lowest BCUT2D eigenvalue weighted by Gasteiger charge is -2.31. The van der Waals surface area contributed by atoms with Crippen LogP contribution in [0.2, 0.25) is 0 Å². The second-order valence-electron chi connectivity index (χ2n) is 4.95. The first-order valence-electron chi connectivity index (χ1n) is 7.30. The summed E-state index contributed by atoms with van der Waals surface area (Å²) in [5, 5.41) is 6.82. The number of benzene rings is 1. The van der Waals surface area contributed by atoms with E-state index in [1.807, 2.05) is 24.3 Å². The van der Waals surface area contributed by atoms with E-state index >= 15 is 0 Å². The Kier molecular flexibility index (Phi) is 5.97. The third-order valence-corrected chi connectivity index (χ3v) is 4.04. The molecular formula is C16H19BrN2O2S. The molecule has 0 radical (unpaired) electrons. The van der Waals surface area contributed by atoms with Crippen LogP contribution in [0.25, 0.3) is 0 Å². The van der Waals surface area contributed by atoms with E-state index in [1.54, 1.807) is 6.92 Å². The first-order chi connectivity index (χ1) is 10.6. The summed E-state index contributed by atoms with van der Waals surface area (Å²) >= 11 is 8.76. The van der Waals surface area contributed by atoms with Crippen molar-refractivity contribution in [2.45, 2.75) is 32.7 Å². The minimum atomic E-state index is -0.307. The number of rotatable bonds is 5. The van der Waals surface area contributed by atoms with Crippen LogP contribution in [-0.4, -0.2) is 17.7 Å². The van der Waals surface area contributed by atoms with Gasteiger partial charge in [0.1, 0.15) is 0 Å². The molecule has 1 heterocycles. The topological polar surface area (TPSA) is 50.4 Å². The van der Waals surface area contributed by atoms with Crippen LogP contribution in [0.3, 0.4) is 0 Å². The fourth-order valence-corrected chi connectivity index (χ4v) is 3.11. The van der Waals surface area contributed by atoms with Gasteiger partial charge in [-0.1, -0.05) is 41.4 Å². The Balaban J connectivity index is 2.49. The molecular weight excluding hydrogens is 364 g/mol. The zero-order valence-corrected chi connectivity index (χ0v) is 15.0. The van der Waals surface area contributed by atoms with Crippen molar-refractivity contribution in [2.75, 3.05) is 6.61 Å². The zero-order valence-electron chi connectivity index (χ0n) is 12.6. The summed E-state index contributed by atoms with van der Waals surface area (Å²) in [6.07, 6.45) is 1.67. The SMILES string of the molecule is CCCC1=C(C(=O)OCC)[C@@H](c2cccc(Br)c2)NC(=S)N1. The predicted molar refractivity (Wildman–Crippen MR) is 94.3 cm³/mol. The lowest BCUT2D eigenvalue weighted by atomic mass is 9.94. The molecule has 0 bridgehead atoms. The number of halogens is 1. The molecule has 1 aromatic carbocycles. The molecule has 1 aliphatic rings. The first kappa shape index (κ1) is 17.0. The Morgan fingerprint density at radius 2 is 2.18 bits per heavy atom. The molecule has 0 unspecified atom stereocenters. The van der Waals surface area contributed by atoms with Crippen molar-refractivity contribution < 1.29 is 9.53 Å². The Morgan fingerprint density at radius 1 is 1.41 bits per heavy atom. The second-order valence-corrected chi connectivity index (χ2v) is 6.27. The quantitative estimate of drug-likeness (QED) is 0.601. The number of ether oxygens (including phenoxy) is 1. The maximum Gasteiger partial charge on any atom is 0.338 e. The van der Waals surface area contributed by atoms with Gasteiger partial charge < -0.3 is 15.4 Å². The van der Waals surface area contributed by atoms with Crippen molar-refractivity contribution >= 4 is 39.2 Å². The van der Waals surface area contributed by atoms with Gasteiger partial charge in [-0.2, -0.15) is 0 Å². The van der Waals surface area contributed by atoms with E-state index in [4.69, 9.17) is 17.0 Å². The molecule has 0 aliphatic carbocycles. The standard InChI is InChI=1S/C16H19BrN2O2S/c1-3-6-12-13(15(20)21-4-2)14(19-16(22)18-12)10-7-5-8-11(17)9-10/h5,7-9,14H,3-4,6H2,1-2H3,(H2,18,19,22)/t14-/m1/s1. The molecule has 2 N–H and O–H groups in total. The average molecular weight is 383 g/mol. The summed E-state index contributed by atoms with van der Waals surface area (Å²) in [6, 6.07) is 7.54. The zero-order chi connectivity index (χ0) is 16.1. The molecule has 0 fully saturated rings. The van der Waals surface area contributed by atoms with Gasteiger partial charge in [-0.05, 0) is 43.3 Å². The molecule has 0 amide bonds. The summed E-state index contributed by atoms with van der Waals surface area (Å²) in [5.74, 6) is -0.307. The number of allylic oxidation sites excluding steroid dienone is 1. The van der Waals surface area contributed by atoms with Crippen molar-refractivity contribution in [1.29, 1.82) is 0 Å². The highest BCUT2D eigenvalue weighted by molar-refractivity contribution is 9.10. The number of hydrogen-bond donors (Lipinski definition) is 2. The lowest BCUT2D eigenvalue weighted by molar-refractivity contribution is -0.139. The predicted octanol–water partition coefficient (Wildman–Crippen LogP) is 3.59. The Morgan fingerprint density at radius 3 is 2.82 bits per heavy atom. The molecule has 1 aliphatic heterocycles. The molecule has 0 saturated heterocycles. The molecule has 4 nitrogen and oxygen atoms in total. The normalized spacial score (nSPS) is 17.8. The molecule has 6 heteroatoms. The third kappa shape index (κ3) is 3.87. The average Bonchev–Trinajstić information content (AvgIpc) is 2.47. The maximum atomic E-state index is 12.4. The van der Waals surface area contributed by atoms with Crippen LogP contribution in [0.15, 0.2) is 40.0 Å². The first-order valence-corrected chi connectivity index (χ1v) is 8.50. The number of nitrogens with one attached hydrogen (secondary N) is 2. The van der Waals surface area contributed by atoms with Gasteiger partial charge in [0, 0.05) is 10.2 Å². The molecule has 1 aromatic rings. The monoisotopic (exact) mass is 382 g/mol. The highest BCUT2D eigenvalue weighted by Crippen LogP contribution is 2.30. The van der Waals surface area contributed by atoms with Crippen molar-refractivity contribution in [2.24, 2.45) is 0 Å². The number of esters is 1. The van der Waals surface area contributed by atoms with Gasteiger partial charge in [0.05, 0.1) is 18.2 Å². The summed E-state index contributed by atoms with van der Waals surface area (Å²) in [6.45, 7) is 4.22. The third-order valence-electron chi connectivity index (χ3n) is 3.33. The molecule has 22 heavy (non-hydrogen) atoms. The van der Waals surface area contributed by atoms with Crippen LogP contribution in [0.1, 0.15) is 38.3 Å². The maximum absolute atomic E-state index is 12.4. The molecule has 0 saturated carbocycles. The van der Waals surface area contributed by atoms with Crippen LogP contribution in [0, 0.1) is 0 Å². The minimum Gasteiger partial charge on any atom is -0.463 e. The lowest BCUT2D eigenvalue weighted by Crippen LogP contribution is -2.45. The van der Waals surface area contributed by atoms with E-state index < -0.39 is 0 Å². The van der Waals surface area contributed by atoms with Crippen LogP contribution in [0.5, 0.6) is 0 Å². The highest BCUT2D eigenvalue weighted by Gasteiger charge is 2.32. The van der Waals surface area contributed by atoms with Crippen molar-refractivity contribution in [3.63, 3.8) is 0 Å². The van der Waals surface area contributed by atoms with E-state index in [0.717, 1.165) is 28.6 Å². The Labute approximate surface area is 144 Å². The van der Waals surface area contributed by atoms with Gasteiger partial charge in [-0.3, -0.25) is 0 Å². The number of hydrogen-bond acceptors (Lipinski definition) is 3. The summed E-state index contributed by atoms with van der Waals surface area (Å²) in [4.78, 5) is 12.4. The fourth-order valence-electron chi connectivity index (χ4n) is 2.45. The number of thiocarbonyl (C=S) groups is 1. The van der Waals surface area contributed by atoms with E-state index in [0.29, 0.717) is 17.3 Å². The molecule has 0 spiro atoms. The van der Waals surface area contributed by atoms with Gasteiger partial charge in [0.15, 0.2) is 5.11 Å². The van der Waals surface area contributed by atoms with Gasteiger partial charge in [0.25, 0.3) is 0 Å². The van der Waals surface area contributed by atoms with E-state index in [2.05, 4.69) is 33.5 Å². The molecule has 118 valence electrons. The Hall–Kier alpha value is -1.40. The number of carbonyl (C=O) groups is 1. The highest BCUT2D eigenvalue weighted by atomic mass is 79.9.